The number of hydrogen-bond acceptors (Lipinski definition) is 7. The third kappa shape index (κ3) is 3.50. The van der Waals surface area contributed by atoms with Crippen LogP contribution in [0, 0.1) is 23.2 Å². The van der Waals surface area contributed by atoms with Crippen LogP contribution in [0.15, 0.2) is 30.6 Å². The van der Waals surface area contributed by atoms with Gasteiger partial charge < -0.3 is 25.4 Å². The highest BCUT2D eigenvalue weighted by Gasteiger charge is 2.75. The molecule has 4 N–H and O–H groups in total. The molecule has 2 saturated carbocycles. The molecule has 2 aliphatic rings. The van der Waals surface area contributed by atoms with Gasteiger partial charge in [0.2, 0.25) is 11.7 Å². The topological polar surface area (TPSA) is 125 Å². The van der Waals surface area contributed by atoms with E-state index in [1.807, 2.05) is 0 Å². The molecule has 9 nitrogen and oxygen atoms in total. The van der Waals surface area contributed by atoms with Gasteiger partial charge in [0.05, 0.1) is 29.5 Å². The van der Waals surface area contributed by atoms with E-state index in [0.717, 1.165) is 12.1 Å². The molecule has 0 spiro atoms. The fourth-order valence-electron chi connectivity index (χ4n) is 5.05. The summed E-state index contributed by atoms with van der Waals surface area (Å²) in [6, 6.07) is 3.97. The van der Waals surface area contributed by atoms with Crippen LogP contribution in [0.5, 0.6) is 0 Å². The Morgan fingerprint density at radius 1 is 1.23 bits per heavy atom. The maximum absolute atomic E-state index is 13.0. The molecule has 2 aromatic heterocycles. The number of alkyl halides is 3. The first-order valence-electron chi connectivity index (χ1n) is 10.8. The number of benzene rings is 1. The fourth-order valence-corrected chi connectivity index (χ4v) is 5.05. The van der Waals surface area contributed by atoms with Crippen LogP contribution in [0.4, 0.5) is 19.0 Å². The third-order valence-corrected chi connectivity index (χ3v) is 6.81. The number of nitrogens with zero attached hydrogens (tertiary/aromatic N) is 4. The summed E-state index contributed by atoms with van der Waals surface area (Å²) in [7, 11) is 3.10. The molecule has 2 heterocycles. The summed E-state index contributed by atoms with van der Waals surface area (Å²) in [5.74, 6) is 5.06. The average molecular weight is 486 g/mol. The van der Waals surface area contributed by atoms with Crippen molar-refractivity contribution in [2.24, 2.45) is 11.3 Å². The average Bonchev–Trinajstić information content (AvgIpc) is 3.38. The highest BCUT2D eigenvalue weighted by molar-refractivity contribution is 5.88. The van der Waals surface area contributed by atoms with Crippen LogP contribution < -0.4 is 10.6 Å². The highest BCUT2D eigenvalue weighted by atomic mass is 19.4. The second-order valence-electron chi connectivity index (χ2n) is 8.65. The molecule has 0 bridgehead atoms. The predicted octanol–water partition coefficient (Wildman–Crippen LogP) is 1.32. The van der Waals surface area contributed by atoms with Crippen LogP contribution in [0.2, 0.25) is 0 Å². The van der Waals surface area contributed by atoms with Gasteiger partial charge in [-0.05, 0) is 30.5 Å². The van der Waals surface area contributed by atoms with Gasteiger partial charge in [-0.2, -0.15) is 13.2 Å². The number of rotatable bonds is 3. The molecule has 3 aromatic rings. The van der Waals surface area contributed by atoms with Crippen molar-refractivity contribution in [1.29, 1.82) is 0 Å². The molecule has 35 heavy (non-hydrogen) atoms. The number of aliphatic hydroxyl groups excluding tert-OH is 2. The van der Waals surface area contributed by atoms with E-state index in [-0.39, 0.29) is 23.2 Å². The van der Waals surface area contributed by atoms with Gasteiger partial charge in [0.15, 0.2) is 17.0 Å². The number of fused-ring (bicyclic) bond motifs is 2. The molecule has 5 rings (SSSR count). The summed E-state index contributed by atoms with van der Waals surface area (Å²) in [6.07, 6.45) is -5.10. The lowest BCUT2D eigenvalue weighted by Crippen LogP contribution is -2.41. The Morgan fingerprint density at radius 3 is 2.69 bits per heavy atom. The van der Waals surface area contributed by atoms with E-state index >= 15 is 0 Å². The summed E-state index contributed by atoms with van der Waals surface area (Å²) in [5, 5.41) is 26.9. The fraction of sp³-hybridized carbons (Fsp3) is 0.391. The van der Waals surface area contributed by atoms with E-state index in [1.165, 1.54) is 25.5 Å². The van der Waals surface area contributed by atoms with Crippen LogP contribution >= 0.6 is 0 Å². The number of halogens is 3. The number of hydrogen-bond donors (Lipinski definition) is 4. The maximum atomic E-state index is 13.0. The van der Waals surface area contributed by atoms with Crippen LogP contribution in [0.3, 0.4) is 0 Å². The van der Waals surface area contributed by atoms with Gasteiger partial charge in [-0.3, -0.25) is 4.79 Å². The minimum absolute atomic E-state index is 0.0300. The van der Waals surface area contributed by atoms with Crippen molar-refractivity contribution in [1.82, 2.24) is 24.8 Å². The molecular weight excluding hydrogens is 465 g/mol. The zero-order valence-corrected chi connectivity index (χ0v) is 18.6. The first-order chi connectivity index (χ1) is 16.6. The molecule has 182 valence electrons. The van der Waals surface area contributed by atoms with Gasteiger partial charge in [-0.1, -0.05) is 12.0 Å². The normalized spacial score (nSPS) is 27.2. The Kier molecular flexibility index (Phi) is 5.23. The SMILES string of the molecule is CNC(=O)[C@@]12C[C@@H]1[C@@H](n1cnc3c(NC)nc(C#Cc4cccc(C(F)(F)F)c4)nc31)[C@H](O)[C@@H]2O. The number of aromatic nitrogens is 4. The Hall–Kier alpha value is -3.69. The lowest BCUT2D eigenvalue weighted by Gasteiger charge is -2.23. The number of anilines is 1. The summed E-state index contributed by atoms with van der Waals surface area (Å²) >= 11 is 0. The smallest absolute Gasteiger partial charge is 0.389 e. The number of amides is 1. The van der Waals surface area contributed by atoms with Gasteiger partial charge in [-0.25, -0.2) is 15.0 Å². The van der Waals surface area contributed by atoms with Crippen molar-refractivity contribution < 1.29 is 28.2 Å². The molecule has 5 atom stereocenters. The molecule has 2 fully saturated rings. The van der Waals surface area contributed by atoms with Gasteiger partial charge in [-0.15, -0.1) is 0 Å². The molecule has 12 heteroatoms. The second kappa shape index (κ2) is 7.93. The molecule has 0 unspecified atom stereocenters. The quantitative estimate of drug-likeness (QED) is 0.412. The van der Waals surface area contributed by atoms with Crippen molar-refractivity contribution in [2.75, 3.05) is 19.4 Å². The second-order valence-corrected chi connectivity index (χ2v) is 8.65. The van der Waals surface area contributed by atoms with E-state index in [9.17, 15) is 28.2 Å². The Balaban J connectivity index is 1.55. The van der Waals surface area contributed by atoms with E-state index < -0.39 is 35.4 Å². The summed E-state index contributed by atoms with van der Waals surface area (Å²) < 4.78 is 40.6. The van der Waals surface area contributed by atoms with E-state index in [0.29, 0.717) is 23.4 Å². The molecule has 2 aliphatic carbocycles. The maximum Gasteiger partial charge on any atom is 0.416 e. The van der Waals surface area contributed by atoms with Crippen molar-refractivity contribution in [3.63, 3.8) is 0 Å². The zero-order valence-electron chi connectivity index (χ0n) is 18.6. The van der Waals surface area contributed by atoms with Crippen molar-refractivity contribution in [2.45, 2.75) is 30.8 Å². The minimum atomic E-state index is -4.49. The van der Waals surface area contributed by atoms with Gasteiger partial charge in [0.25, 0.3) is 0 Å². The molecule has 0 saturated heterocycles. The van der Waals surface area contributed by atoms with Crippen molar-refractivity contribution in [3.8, 4) is 11.8 Å². The van der Waals surface area contributed by atoms with E-state index in [2.05, 4.69) is 37.4 Å². The van der Waals surface area contributed by atoms with E-state index in [4.69, 9.17) is 0 Å². The predicted molar refractivity (Wildman–Crippen MR) is 118 cm³/mol. The minimum Gasteiger partial charge on any atom is -0.389 e. The lowest BCUT2D eigenvalue weighted by atomic mass is 9.98. The van der Waals surface area contributed by atoms with Crippen molar-refractivity contribution >= 4 is 22.9 Å². The van der Waals surface area contributed by atoms with Crippen LogP contribution in [0.1, 0.15) is 29.4 Å². The summed E-state index contributed by atoms with van der Waals surface area (Å²) in [5.41, 5.74) is -1.04. The highest BCUT2D eigenvalue weighted by Crippen LogP contribution is 2.67. The number of aliphatic hydroxyl groups is 2. The monoisotopic (exact) mass is 486 g/mol. The molecule has 1 amide bonds. The Bertz CT molecular complexity index is 1390. The van der Waals surface area contributed by atoms with Crippen LogP contribution in [0.25, 0.3) is 11.2 Å². The third-order valence-electron chi connectivity index (χ3n) is 6.81. The van der Waals surface area contributed by atoms with Gasteiger partial charge in [0.1, 0.15) is 6.10 Å². The number of carbonyl (C=O) groups is 1. The lowest BCUT2D eigenvalue weighted by molar-refractivity contribution is -0.137. The summed E-state index contributed by atoms with van der Waals surface area (Å²) in [4.78, 5) is 25.5. The van der Waals surface area contributed by atoms with Gasteiger partial charge in [0, 0.05) is 25.6 Å². The number of carbonyl (C=O) groups excluding carboxylic acids is 1. The van der Waals surface area contributed by atoms with E-state index in [1.54, 1.807) is 11.6 Å². The van der Waals surface area contributed by atoms with Crippen molar-refractivity contribution in [3.05, 3.63) is 47.5 Å². The Morgan fingerprint density at radius 2 is 2.00 bits per heavy atom. The molecule has 0 aliphatic heterocycles. The largest absolute Gasteiger partial charge is 0.416 e. The van der Waals surface area contributed by atoms with Crippen LogP contribution in [-0.2, 0) is 11.0 Å². The number of nitrogens with one attached hydrogen (secondary N) is 2. The van der Waals surface area contributed by atoms with Gasteiger partial charge >= 0.3 is 6.18 Å². The summed E-state index contributed by atoms with van der Waals surface area (Å²) in [6.45, 7) is 0. The molecule has 0 radical (unpaired) electrons. The standard InChI is InChI=1S/C23H21F3N6O3/c1-27-19-15-20(31-14(30-19)7-6-11-4-3-5-12(8-11)23(24,25)26)32(10-29-15)16-13-9-22(13,21(35)28-2)18(34)17(16)33/h3-5,8,10,13,16-18,33-34H,9H2,1-2H3,(H,28,35)(H,27,30,31)/t13-,16-,17+,18+,22+/m1/s1. The first kappa shape index (κ1) is 23.1. The molecular formula is C23H21F3N6O3. The number of imidazole rings is 1. The first-order valence-corrected chi connectivity index (χ1v) is 10.8. The zero-order chi connectivity index (χ0) is 25.1. The molecule has 1 aromatic carbocycles. The van der Waals surface area contributed by atoms with Crippen LogP contribution in [-0.4, -0.2) is 61.9 Å². The Labute approximate surface area is 197 Å².